The number of nitrogens with one attached hydrogen (secondary N) is 1. The summed E-state index contributed by atoms with van der Waals surface area (Å²) in [5, 5.41) is 3.20. The van der Waals surface area contributed by atoms with Crippen molar-refractivity contribution in [1.29, 1.82) is 0 Å². The number of methoxy groups -OCH3 is 1. The van der Waals surface area contributed by atoms with Crippen molar-refractivity contribution >= 4 is 11.8 Å². The molecule has 0 bridgehead atoms. The number of hydrogen-bond donors (Lipinski definition) is 1. The molecule has 0 unspecified atom stereocenters. The number of ether oxygens (including phenoxy) is 1. The Labute approximate surface area is 102 Å². The fraction of sp³-hybridized carbons (Fsp3) is 0.538. The van der Waals surface area contributed by atoms with Gasteiger partial charge in [0, 0.05) is 12.7 Å². The largest absolute Gasteiger partial charge is 0.465 e. The summed E-state index contributed by atoms with van der Waals surface area (Å²) in [7, 11) is 1.37. The lowest BCUT2D eigenvalue weighted by atomic mass is 9.92. The van der Waals surface area contributed by atoms with E-state index in [-0.39, 0.29) is 11.4 Å². The monoisotopic (exact) mass is 236 g/mol. The summed E-state index contributed by atoms with van der Waals surface area (Å²) >= 11 is 0. The highest BCUT2D eigenvalue weighted by molar-refractivity contribution is 5.89. The van der Waals surface area contributed by atoms with Gasteiger partial charge in [-0.25, -0.2) is 9.78 Å². The molecule has 4 nitrogen and oxygen atoms in total. The van der Waals surface area contributed by atoms with E-state index >= 15 is 0 Å². The lowest BCUT2D eigenvalue weighted by Crippen LogP contribution is -2.13. The zero-order valence-corrected chi connectivity index (χ0v) is 10.9. The van der Waals surface area contributed by atoms with Crippen molar-refractivity contribution in [3.63, 3.8) is 0 Å². The van der Waals surface area contributed by atoms with Crippen molar-refractivity contribution in [2.45, 2.75) is 27.2 Å². The van der Waals surface area contributed by atoms with Crippen LogP contribution >= 0.6 is 0 Å². The Hall–Kier alpha value is -1.58. The summed E-state index contributed by atoms with van der Waals surface area (Å²) in [6.45, 7) is 7.40. The zero-order chi connectivity index (χ0) is 12.9. The van der Waals surface area contributed by atoms with E-state index in [2.05, 4.69) is 35.8 Å². The van der Waals surface area contributed by atoms with Crippen LogP contribution in [0.5, 0.6) is 0 Å². The summed E-state index contributed by atoms with van der Waals surface area (Å²) in [5.41, 5.74) is 0.799. The van der Waals surface area contributed by atoms with Crippen molar-refractivity contribution in [2.75, 3.05) is 19.0 Å². The molecule has 0 aromatic carbocycles. The predicted octanol–water partition coefficient (Wildman–Crippen LogP) is 2.72. The first kappa shape index (κ1) is 13.5. The molecule has 1 N–H and O–H groups in total. The Morgan fingerprint density at radius 3 is 2.76 bits per heavy atom. The Balaban J connectivity index is 2.57. The van der Waals surface area contributed by atoms with Crippen LogP contribution in [0.4, 0.5) is 5.82 Å². The van der Waals surface area contributed by atoms with Gasteiger partial charge in [0.1, 0.15) is 5.82 Å². The lowest BCUT2D eigenvalue weighted by molar-refractivity contribution is 0.0600. The van der Waals surface area contributed by atoms with Crippen LogP contribution in [0.3, 0.4) is 0 Å². The van der Waals surface area contributed by atoms with Crippen LogP contribution in [0.1, 0.15) is 37.6 Å². The first-order valence-electron chi connectivity index (χ1n) is 5.70. The average molecular weight is 236 g/mol. The highest BCUT2D eigenvalue weighted by Crippen LogP contribution is 2.18. The molecule has 0 aliphatic rings. The molecule has 1 rings (SSSR count). The third kappa shape index (κ3) is 4.85. The minimum Gasteiger partial charge on any atom is -0.465 e. The molecule has 17 heavy (non-hydrogen) atoms. The van der Waals surface area contributed by atoms with E-state index in [9.17, 15) is 4.79 Å². The summed E-state index contributed by atoms with van der Waals surface area (Å²) < 4.78 is 4.66. The fourth-order valence-electron chi connectivity index (χ4n) is 1.34. The van der Waals surface area contributed by atoms with Gasteiger partial charge >= 0.3 is 5.97 Å². The van der Waals surface area contributed by atoms with Gasteiger partial charge in [0.2, 0.25) is 0 Å². The predicted molar refractivity (Wildman–Crippen MR) is 68.1 cm³/mol. The minimum absolute atomic E-state index is 0.285. The maximum absolute atomic E-state index is 11.3. The molecule has 0 amide bonds. The first-order chi connectivity index (χ1) is 7.92. The molecule has 4 heteroatoms. The van der Waals surface area contributed by atoms with Gasteiger partial charge in [-0.1, -0.05) is 20.8 Å². The van der Waals surface area contributed by atoms with Crippen molar-refractivity contribution in [3.8, 4) is 0 Å². The summed E-state index contributed by atoms with van der Waals surface area (Å²) in [4.78, 5) is 15.5. The molecule has 1 aromatic heterocycles. The van der Waals surface area contributed by atoms with Crippen LogP contribution in [0.25, 0.3) is 0 Å². The molecule has 0 saturated heterocycles. The van der Waals surface area contributed by atoms with Gasteiger partial charge in [0.15, 0.2) is 0 Å². The summed E-state index contributed by atoms with van der Waals surface area (Å²) in [6, 6.07) is 3.34. The van der Waals surface area contributed by atoms with E-state index < -0.39 is 0 Å². The number of carbonyl (C=O) groups is 1. The Bertz CT molecular complexity index is 383. The molecular weight excluding hydrogens is 216 g/mol. The van der Waals surface area contributed by atoms with Crippen molar-refractivity contribution < 1.29 is 9.53 Å². The van der Waals surface area contributed by atoms with Gasteiger partial charge in [-0.15, -0.1) is 0 Å². The zero-order valence-electron chi connectivity index (χ0n) is 10.9. The molecule has 0 atom stereocenters. The van der Waals surface area contributed by atoms with Crippen LogP contribution in [-0.2, 0) is 4.74 Å². The highest BCUT2D eigenvalue weighted by atomic mass is 16.5. The number of nitrogens with zero attached hydrogens (tertiary/aromatic N) is 1. The third-order valence-corrected chi connectivity index (χ3v) is 2.36. The second-order valence-electron chi connectivity index (χ2n) is 5.16. The smallest absolute Gasteiger partial charge is 0.338 e. The molecule has 94 valence electrons. The second-order valence-corrected chi connectivity index (χ2v) is 5.16. The normalized spacial score (nSPS) is 11.1. The van der Waals surface area contributed by atoms with E-state index in [1.54, 1.807) is 18.3 Å². The number of rotatable bonds is 4. The number of aromatic nitrogens is 1. The third-order valence-electron chi connectivity index (χ3n) is 2.36. The topological polar surface area (TPSA) is 51.2 Å². The van der Waals surface area contributed by atoms with Crippen LogP contribution in [0.15, 0.2) is 18.3 Å². The van der Waals surface area contributed by atoms with E-state index in [1.165, 1.54) is 7.11 Å². The van der Waals surface area contributed by atoms with E-state index in [0.717, 1.165) is 13.0 Å². The molecular formula is C13H20N2O2. The molecule has 0 radical (unpaired) electrons. The second kappa shape index (κ2) is 5.66. The van der Waals surface area contributed by atoms with Gasteiger partial charge in [0.05, 0.1) is 12.7 Å². The van der Waals surface area contributed by atoms with E-state index in [0.29, 0.717) is 11.4 Å². The highest BCUT2D eigenvalue weighted by Gasteiger charge is 2.10. The van der Waals surface area contributed by atoms with Gasteiger partial charge in [-0.3, -0.25) is 0 Å². The fourth-order valence-corrected chi connectivity index (χ4v) is 1.34. The Morgan fingerprint density at radius 1 is 1.47 bits per heavy atom. The quantitative estimate of drug-likeness (QED) is 0.817. The number of hydrogen-bond acceptors (Lipinski definition) is 4. The number of anilines is 1. The van der Waals surface area contributed by atoms with Gasteiger partial charge in [-0.2, -0.15) is 0 Å². The minimum atomic E-state index is -0.341. The molecule has 0 aliphatic carbocycles. The number of esters is 1. The summed E-state index contributed by atoms with van der Waals surface area (Å²) in [6.07, 6.45) is 2.64. The molecule has 1 aromatic rings. The number of pyridine rings is 1. The van der Waals surface area contributed by atoms with Crippen molar-refractivity contribution in [2.24, 2.45) is 5.41 Å². The summed E-state index contributed by atoms with van der Waals surface area (Å²) in [5.74, 6) is 0.364. The maximum atomic E-state index is 11.3. The average Bonchev–Trinajstić information content (AvgIpc) is 2.27. The van der Waals surface area contributed by atoms with Crippen LogP contribution in [0, 0.1) is 5.41 Å². The molecule has 0 fully saturated rings. The van der Waals surface area contributed by atoms with Gasteiger partial charge in [-0.05, 0) is 24.0 Å². The van der Waals surface area contributed by atoms with Crippen LogP contribution in [0.2, 0.25) is 0 Å². The maximum Gasteiger partial charge on any atom is 0.338 e. The first-order valence-corrected chi connectivity index (χ1v) is 5.70. The van der Waals surface area contributed by atoms with Gasteiger partial charge < -0.3 is 10.1 Å². The van der Waals surface area contributed by atoms with E-state index in [1.807, 2.05) is 0 Å². The lowest BCUT2D eigenvalue weighted by Gasteiger charge is -2.18. The van der Waals surface area contributed by atoms with Crippen LogP contribution in [-0.4, -0.2) is 24.6 Å². The number of carbonyl (C=O) groups excluding carboxylic acids is 1. The van der Waals surface area contributed by atoms with E-state index in [4.69, 9.17) is 0 Å². The van der Waals surface area contributed by atoms with Gasteiger partial charge in [0.25, 0.3) is 0 Å². The Kier molecular flexibility index (Phi) is 4.49. The van der Waals surface area contributed by atoms with Crippen molar-refractivity contribution in [1.82, 2.24) is 4.98 Å². The van der Waals surface area contributed by atoms with Crippen LogP contribution < -0.4 is 5.32 Å². The molecule has 0 spiro atoms. The standard InChI is InChI=1S/C13H20N2O2/c1-13(2,3)6-8-15-11-9-10(5-7-14-11)12(16)17-4/h5,7,9H,6,8H2,1-4H3,(H,14,15). The molecule has 1 heterocycles. The van der Waals surface area contributed by atoms with Crippen molar-refractivity contribution in [3.05, 3.63) is 23.9 Å². The Morgan fingerprint density at radius 2 is 2.18 bits per heavy atom. The molecule has 0 saturated carbocycles. The SMILES string of the molecule is COC(=O)c1ccnc(NCCC(C)(C)C)c1. The molecule has 0 aliphatic heterocycles.